The minimum Gasteiger partial charge on any atom is -0.481 e. The predicted octanol–water partition coefficient (Wildman–Crippen LogP) is 4.62. The summed E-state index contributed by atoms with van der Waals surface area (Å²) in [6, 6.07) is 18.4. The number of aliphatic carboxylic acids is 1. The number of likely N-dealkylation sites (tertiary alicyclic amines) is 1. The number of rotatable bonds is 11. The number of aliphatic hydroxyl groups is 1. The maximum Gasteiger partial charge on any atom is 0.328 e. The molecule has 2 aromatic carbocycles. The number of hydrogen-bond acceptors (Lipinski definition) is 6. The molecule has 2 unspecified atom stereocenters. The number of carbonyl (C=O) groups is 1. The van der Waals surface area contributed by atoms with Gasteiger partial charge in [-0.05, 0) is 68.1 Å². The highest BCUT2D eigenvalue weighted by molar-refractivity contribution is 5.94. The predicted molar refractivity (Wildman–Crippen MR) is 147 cm³/mol. The number of nitrogens with one attached hydrogen (secondary N) is 1. The van der Waals surface area contributed by atoms with Crippen LogP contribution in [0.3, 0.4) is 0 Å². The number of nitrogens with zero attached hydrogens (tertiary/aromatic N) is 2. The van der Waals surface area contributed by atoms with Gasteiger partial charge in [0.2, 0.25) is 5.88 Å². The molecular weight excluding hydrogens is 466 g/mol. The second-order valence-corrected chi connectivity index (χ2v) is 9.81. The zero-order valence-electron chi connectivity index (χ0n) is 21.6. The lowest BCUT2D eigenvalue weighted by Crippen LogP contribution is -2.44. The summed E-state index contributed by atoms with van der Waals surface area (Å²) in [5, 5.41) is 24.7. The largest absolute Gasteiger partial charge is 0.481 e. The Labute approximate surface area is 218 Å². The van der Waals surface area contributed by atoms with Crippen LogP contribution < -0.4 is 10.1 Å². The minimum absolute atomic E-state index is 0.453. The third kappa shape index (κ3) is 7.16. The molecule has 1 saturated heterocycles. The first-order chi connectivity index (χ1) is 17.9. The molecule has 2 atom stereocenters. The standard InChI is InChI=1S/C30H37N3O4/c1-21(22-6-4-3-5-7-22)14-17-31-24-15-18-33(19-16-24)20-27(34)26-10-8-23(9-13-29(35)36)25-11-12-28(37-2)32-30(25)26/h3-13,21,24,27,31,34H,14-20H2,1-2H3,(H,35,36)/b13-9+. The van der Waals surface area contributed by atoms with Gasteiger partial charge >= 0.3 is 5.97 Å². The van der Waals surface area contributed by atoms with Crippen LogP contribution in [0.25, 0.3) is 17.0 Å². The van der Waals surface area contributed by atoms with E-state index in [1.807, 2.05) is 18.2 Å². The van der Waals surface area contributed by atoms with Gasteiger partial charge in [0.25, 0.3) is 0 Å². The van der Waals surface area contributed by atoms with E-state index in [0.29, 0.717) is 29.9 Å². The van der Waals surface area contributed by atoms with E-state index in [1.54, 1.807) is 19.3 Å². The highest BCUT2D eigenvalue weighted by Gasteiger charge is 2.23. The monoisotopic (exact) mass is 503 g/mol. The number of methoxy groups -OCH3 is 1. The number of benzene rings is 2. The number of aliphatic hydroxyl groups excluding tert-OH is 1. The maximum atomic E-state index is 11.2. The van der Waals surface area contributed by atoms with Crippen molar-refractivity contribution < 1.29 is 19.7 Å². The third-order valence-corrected chi connectivity index (χ3v) is 7.27. The molecule has 0 radical (unpaired) electrons. The molecule has 4 rings (SSSR count). The number of carboxylic acids is 1. The molecule has 37 heavy (non-hydrogen) atoms. The lowest BCUT2D eigenvalue weighted by molar-refractivity contribution is -0.131. The average molecular weight is 504 g/mol. The Morgan fingerprint density at radius 2 is 1.92 bits per heavy atom. The smallest absolute Gasteiger partial charge is 0.328 e. The van der Waals surface area contributed by atoms with Crippen molar-refractivity contribution in [1.29, 1.82) is 0 Å². The van der Waals surface area contributed by atoms with Crippen molar-refractivity contribution in [2.75, 3.05) is 33.3 Å². The Bertz CT molecular complexity index is 1210. The number of ether oxygens (including phenoxy) is 1. The lowest BCUT2D eigenvalue weighted by Gasteiger charge is -2.34. The second kappa shape index (κ2) is 12.8. The number of pyridine rings is 1. The molecule has 0 aliphatic carbocycles. The number of fused-ring (bicyclic) bond motifs is 1. The summed E-state index contributed by atoms with van der Waals surface area (Å²) < 4.78 is 5.31. The van der Waals surface area contributed by atoms with Gasteiger partial charge in [0, 0.05) is 35.7 Å². The first-order valence-corrected chi connectivity index (χ1v) is 13.0. The Morgan fingerprint density at radius 3 is 2.62 bits per heavy atom. The minimum atomic E-state index is -1.01. The zero-order chi connectivity index (χ0) is 26.2. The molecule has 3 aromatic rings. The summed E-state index contributed by atoms with van der Waals surface area (Å²) in [6.07, 6.45) is 5.17. The van der Waals surface area contributed by atoms with E-state index in [9.17, 15) is 9.90 Å². The molecule has 0 bridgehead atoms. The molecule has 1 fully saturated rings. The number of hydrogen-bond donors (Lipinski definition) is 3. The second-order valence-electron chi connectivity index (χ2n) is 9.81. The van der Waals surface area contributed by atoms with Crippen LogP contribution in [0.4, 0.5) is 0 Å². The number of aromatic nitrogens is 1. The summed E-state index contributed by atoms with van der Waals surface area (Å²) in [7, 11) is 1.55. The molecule has 7 nitrogen and oxygen atoms in total. The molecule has 1 aromatic heterocycles. The van der Waals surface area contributed by atoms with E-state index in [0.717, 1.165) is 61.5 Å². The van der Waals surface area contributed by atoms with Gasteiger partial charge in [0.1, 0.15) is 0 Å². The van der Waals surface area contributed by atoms with Crippen molar-refractivity contribution in [2.24, 2.45) is 0 Å². The fourth-order valence-electron chi connectivity index (χ4n) is 5.05. The lowest BCUT2D eigenvalue weighted by atomic mass is 9.97. The van der Waals surface area contributed by atoms with E-state index in [-0.39, 0.29) is 0 Å². The van der Waals surface area contributed by atoms with Gasteiger partial charge in [-0.2, -0.15) is 0 Å². The van der Waals surface area contributed by atoms with Crippen molar-refractivity contribution in [3.8, 4) is 5.88 Å². The van der Waals surface area contributed by atoms with E-state index >= 15 is 0 Å². The molecule has 1 aliphatic heterocycles. The molecule has 0 saturated carbocycles. The molecule has 7 heteroatoms. The van der Waals surface area contributed by atoms with Gasteiger partial charge < -0.3 is 25.2 Å². The highest BCUT2D eigenvalue weighted by Crippen LogP contribution is 2.30. The van der Waals surface area contributed by atoms with Gasteiger partial charge in [-0.3, -0.25) is 0 Å². The highest BCUT2D eigenvalue weighted by atomic mass is 16.5. The molecule has 2 heterocycles. The average Bonchev–Trinajstić information content (AvgIpc) is 2.92. The number of β-amino-alcohol motifs (C(OH)–C–C–N with tert-alkyl or cyclic N) is 1. The Kier molecular flexibility index (Phi) is 9.28. The summed E-state index contributed by atoms with van der Waals surface area (Å²) in [6.45, 7) is 5.67. The van der Waals surface area contributed by atoms with Gasteiger partial charge in [-0.15, -0.1) is 0 Å². The molecule has 3 N–H and O–H groups in total. The quantitative estimate of drug-likeness (QED) is 0.329. The van der Waals surface area contributed by atoms with Crippen LogP contribution in [-0.4, -0.2) is 65.4 Å². The van der Waals surface area contributed by atoms with Crippen LogP contribution in [0.5, 0.6) is 5.88 Å². The first-order valence-electron chi connectivity index (χ1n) is 13.0. The van der Waals surface area contributed by atoms with E-state index < -0.39 is 12.1 Å². The van der Waals surface area contributed by atoms with Gasteiger partial charge in [0.05, 0.1) is 18.7 Å². The summed E-state index contributed by atoms with van der Waals surface area (Å²) in [4.78, 5) is 17.9. The Balaban J connectivity index is 1.33. The molecule has 1 aliphatic rings. The molecule has 196 valence electrons. The fraction of sp³-hybridized carbons (Fsp3) is 0.400. The maximum absolute atomic E-state index is 11.2. The van der Waals surface area contributed by atoms with E-state index in [4.69, 9.17) is 9.84 Å². The Morgan fingerprint density at radius 1 is 1.16 bits per heavy atom. The van der Waals surface area contributed by atoms with Crippen molar-refractivity contribution in [2.45, 2.75) is 44.2 Å². The number of piperidine rings is 1. The van der Waals surface area contributed by atoms with Crippen LogP contribution in [0.15, 0.2) is 60.7 Å². The molecular formula is C30H37N3O4. The van der Waals surface area contributed by atoms with Crippen LogP contribution in [-0.2, 0) is 4.79 Å². The van der Waals surface area contributed by atoms with Crippen molar-refractivity contribution in [3.63, 3.8) is 0 Å². The topological polar surface area (TPSA) is 94.9 Å². The SMILES string of the molecule is COc1ccc2c(/C=C/C(=O)O)ccc(C(O)CN3CCC(NCCC(C)c4ccccc4)CC3)c2n1. The van der Waals surface area contributed by atoms with E-state index in [1.165, 1.54) is 5.56 Å². The summed E-state index contributed by atoms with van der Waals surface area (Å²) in [5.41, 5.74) is 3.47. The fourth-order valence-corrected chi connectivity index (χ4v) is 5.05. The summed E-state index contributed by atoms with van der Waals surface area (Å²) >= 11 is 0. The van der Waals surface area contributed by atoms with Crippen molar-refractivity contribution in [3.05, 3.63) is 77.4 Å². The van der Waals surface area contributed by atoms with Gasteiger partial charge in [-0.25, -0.2) is 9.78 Å². The van der Waals surface area contributed by atoms with Crippen LogP contribution in [0.2, 0.25) is 0 Å². The van der Waals surface area contributed by atoms with Gasteiger partial charge in [0.15, 0.2) is 0 Å². The first kappa shape index (κ1) is 26.8. The van der Waals surface area contributed by atoms with Crippen LogP contribution in [0.1, 0.15) is 54.9 Å². The zero-order valence-corrected chi connectivity index (χ0v) is 21.6. The molecule has 0 spiro atoms. The normalized spacial score (nSPS) is 16.7. The number of carboxylic acid groups (broad SMARTS) is 1. The van der Waals surface area contributed by atoms with E-state index in [2.05, 4.69) is 52.5 Å². The van der Waals surface area contributed by atoms with Crippen LogP contribution in [0, 0.1) is 0 Å². The van der Waals surface area contributed by atoms with Crippen molar-refractivity contribution in [1.82, 2.24) is 15.2 Å². The third-order valence-electron chi connectivity index (χ3n) is 7.27. The molecule has 0 amide bonds. The van der Waals surface area contributed by atoms with Crippen LogP contribution >= 0.6 is 0 Å². The van der Waals surface area contributed by atoms with Gasteiger partial charge in [-0.1, -0.05) is 49.4 Å². The Hall–Kier alpha value is -3.26. The van der Waals surface area contributed by atoms with Crippen molar-refractivity contribution >= 4 is 22.9 Å². The summed E-state index contributed by atoms with van der Waals surface area (Å²) in [5.74, 6) is -0.0203.